The highest BCUT2D eigenvalue weighted by Gasteiger charge is 2.28. The van der Waals surface area contributed by atoms with Gasteiger partial charge in [-0.3, -0.25) is 4.79 Å². The summed E-state index contributed by atoms with van der Waals surface area (Å²) in [6.45, 7) is 4.79. The second kappa shape index (κ2) is 5.96. The Bertz CT molecular complexity index is 267. The standard InChI is InChI=1S/C14H25NO2/c1-11-7-8-15(10-14(11)17)9-12-5-3-2-4-6-13(12)16/h11-12,14,17H,2-10H2,1H3. The number of piperidine rings is 1. The van der Waals surface area contributed by atoms with Crippen molar-refractivity contribution in [1.82, 2.24) is 4.90 Å². The Morgan fingerprint density at radius 2 is 2.12 bits per heavy atom. The number of carbonyl (C=O) groups excluding carboxylic acids is 1. The van der Waals surface area contributed by atoms with Crippen molar-refractivity contribution in [1.29, 1.82) is 0 Å². The van der Waals surface area contributed by atoms with Crippen LogP contribution in [0.2, 0.25) is 0 Å². The first-order chi connectivity index (χ1) is 8.16. The summed E-state index contributed by atoms with van der Waals surface area (Å²) in [7, 11) is 0. The van der Waals surface area contributed by atoms with Gasteiger partial charge in [0.2, 0.25) is 0 Å². The van der Waals surface area contributed by atoms with E-state index in [4.69, 9.17) is 0 Å². The van der Waals surface area contributed by atoms with Crippen molar-refractivity contribution in [2.45, 2.75) is 51.6 Å². The zero-order valence-corrected chi connectivity index (χ0v) is 10.9. The van der Waals surface area contributed by atoms with Gasteiger partial charge in [0.15, 0.2) is 0 Å². The highest BCUT2D eigenvalue weighted by molar-refractivity contribution is 5.81. The third-order valence-electron chi connectivity index (χ3n) is 4.41. The summed E-state index contributed by atoms with van der Waals surface area (Å²) >= 11 is 0. The predicted molar refractivity (Wildman–Crippen MR) is 67.8 cm³/mol. The van der Waals surface area contributed by atoms with E-state index in [2.05, 4.69) is 11.8 Å². The molecule has 1 aliphatic heterocycles. The summed E-state index contributed by atoms with van der Waals surface area (Å²) in [5.41, 5.74) is 0. The maximum Gasteiger partial charge on any atom is 0.137 e. The zero-order chi connectivity index (χ0) is 12.3. The molecular weight excluding hydrogens is 214 g/mol. The second-order valence-electron chi connectivity index (χ2n) is 5.86. The molecule has 3 nitrogen and oxygen atoms in total. The van der Waals surface area contributed by atoms with Crippen LogP contribution >= 0.6 is 0 Å². The van der Waals surface area contributed by atoms with Crippen molar-refractivity contribution < 1.29 is 9.90 Å². The van der Waals surface area contributed by atoms with E-state index in [0.29, 0.717) is 11.7 Å². The van der Waals surface area contributed by atoms with Crippen molar-refractivity contribution in [2.24, 2.45) is 11.8 Å². The normalized spacial score (nSPS) is 36.8. The molecule has 98 valence electrons. The first-order valence-corrected chi connectivity index (χ1v) is 7.10. The van der Waals surface area contributed by atoms with Crippen molar-refractivity contribution in [2.75, 3.05) is 19.6 Å². The molecule has 2 rings (SSSR count). The fraction of sp³-hybridized carbons (Fsp3) is 0.929. The van der Waals surface area contributed by atoms with Gasteiger partial charge in [-0.05, 0) is 31.7 Å². The summed E-state index contributed by atoms with van der Waals surface area (Å²) in [6.07, 6.45) is 6.17. The molecule has 0 spiro atoms. The van der Waals surface area contributed by atoms with Gasteiger partial charge in [0.1, 0.15) is 5.78 Å². The Hall–Kier alpha value is -0.410. The zero-order valence-electron chi connectivity index (χ0n) is 10.9. The molecule has 3 heteroatoms. The van der Waals surface area contributed by atoms with Crippen molar-refractivity contribution in [3.05, 3.63) is 0 Å². The van der Waals surface area contributed by atoms with Crippen LogP contribution in [0.3, 0.4) is 0 Å². The number of aliphatic hydroxyl groups excluding tert-OH is 1. The molecule has 1 saturated carbocycles. The third kappa shape index (κ3) is 3.52. The minimum Gasteiger partial charge on any atom is -0.392 e. The fourth-order valence-corrected chi connectivity index (χ4v) is 3.02. The molecule has 1 N–H and O–H groups in total. The molecule has 0 aromatic rings. The van der Waals surface area contributed by atoms with E-state index in [9.17, 15) is 9.90 Å². The summed E-state index contributed by atoms with van der Waals surface area (Å²) in [6, 6.07) is 0. The van der Waals surface area contributed by atoms with Crippen LogP contribution in [-0.4, -0.2) is 41.5 Å². The number of rotatable bonds is 2. The van der Waals surface area contributed by atoms with E-state index in [1.807, 2.05) is 0 Å². The lowest BCUT2D eigenvalue weighted by Crippen LogP contribution is -2.45. The van der Waals surface area contributed by atoms with Gasteiger partial charge in [-0.15, -0.1) is 0 Å². The minimum absolute atomic E-state index is 0.204. The molecule has 2 aliphatic rings. The van der Waals surface area contributed by atoms with Crippen LogP contribution in [0, 0.1) is 11.8 Å². The Balaban J connectivity index is 1.85. The number of likely N-dealkylation sites (tertiary alicyclic amines) is 1. The van der Waals surface area contributed by atoms with Gasteiger partial charge in [-0.2, -0.15) is 0 Å². The van der Waals surface area contributed by atoms with Gasteiger partial charge >= 0.3 is 0 Å². The first-order valence-electron chi connectivity index (χ1n) is 7.10. The van der Waals surface area contributed by atoms with Crippen LogP contribution in [0.5, 0.6) is 0 Å². The van der Waals surface area contributed by atoms with Crippen LogP contribution < -0.4 is 0 Å². The lowest BCUT2D eigenvalue weighted by molar-refractivity contribution is -0.123. The molecule has 1 heterocycles. The Morgan fingerprint density at radius 1 is 1.29 bits per heavy atom. The van der Waals surface area contributed by atoms with Gasteiger partial charge < -0.3 is 10.0 Å². The molecule has 0 aromatic carbocycles. The van der Waals surface area contributed by atoms with E-state index in [0.717, 1.165) is 45.3 Å². The van der Waals surface area contributed by atoms with E-state index in [1.165, 1.54) is 12.8 Å². The van der Waals surface area contributed by atoms with Crippen molar-refractivity contribution in [3.63, 3.8) is 0 Å². The molecule has 0 amide bonds. The average Bonchev–Trinajstić information content (AvgIpc) is 2.50. The first kappa shape index (κ1) is 13.0. The summed E-state index contributed by atoms with van der Waals surface area (Å²) in [4.78, 5) is 14.2. The lowest BCUT2D eigenvalue weighted by atomic mass is 9.93. The van der Waals surface area contributed by atoms with Gasteiger partial charge in [-0.25, -0.2) is 0 Å². The number of hydrogen-bond acceptors (Lipinski definition) is 3. The quantitative estimate of drug-likeness (QED) is 0.748. The Kier molecular flexibility index (Phi) is 4.57. The third-order valence-corrected chi connectivity index (χ3v) is 4.41. The Labute approximate surface area is 104 Å². The summed E-state index contributed by atoms with van der Waals surface area (Å²) in [5.74, 6) is 1.10. The van der Waals surface area contributed by atoms with Gasteiger partial charge in [0, 0.05) is 25.4 Å². The number of nitrogens with zero attached hydrogens (tertiary/aromatic N) is 1. The maximum atomic E-state index is 11.9. The molecular formula is C14H25NO2. The number of hydrogen-bond donors (Lipinski definition) is 1. The van der Waals surface area contributed by atoms with E-state index >= 15 is 0 Å². The van der Waals surface area contributed by atoms with Crippen LogP contribution in [0.4, 0.5) is 0 Å². The van der Waals surface area contributed by atoms with Gasteiger partial charge in [-0.1, -0.05) is 19.8 Å². The number of aliphatic hydroxyl groups is 1. The summed E-state index contributed by atoms with van der Waals surface area (Å²) < 4.78 is 0. The minimum atomic E-state index is -0.204. The molecule has 1 saturated heterocycles. The van der Waals surface area contributed by atoms with E-state index < -0.39 is 0 Å². The van der Waals surface area contributed by atoms with Crippen LogP contribution in [0.15, 0.2) is 0 Å². The SMILES string of the molecule is CC1CCN(CC2CCCCCC2=O)CC1O. The van der Waals surface area contributed by atoms with Crippen LogP contribution in [0.25, 0.3) is 0 Å². The van der Waals surface area contributed by atoms with E-state index in [-0.39, 0.29) is 12.0 Å². The van der Waals surface area contributed by atoms with Gasteiger partial charge in [0.25, 0.3) is 0 Å². The average molecular weight is 239 g/mol. The molecule has 3 unspecified atom stereocenters. The molecule has 2 fully saturated rings. The summed E-state index contributed by atoms with van der Waals surface area (Å²) in [5, 5.41) is 9.87. The number of carbonyl (C=O) groups is 1. The number of Topliss-reactive ketones (excluding diaryl/α,β-unsaturated/α-hetero) is 1. The molecule has 1 aliphatic carbocycles. The Morgan fingerprint density at radius 3 is 2.88 bits per heavy atom. The fourth-order valence-electron chi connectivity index (χ4n) is 3.02. The second-order valence-corrected chi connectivity index (χ2v) is 5.86. The smallest absolute Gasteiger partial charge is 0.137 e. The number of ketones is 1. The molecule has 0 bridgehead atoms. The molecule has 3 atom stereocenters. The topological polar surface area (TPSA) is 40.5 Å². The number of β-amino-alcohol motifs (C(OH)–C–C–N with tert-alkyl or cyclic N) is 1. The highest BCUT2D eigenvalue weighted by Crippen LogP contribution is 2.23. The largest absolute Gasteiger partial charge is 0.392 e. The molecule has 0 radical (unpaired) electrons. The van der Waals surface area contributed by atoms with E-state index in [1.54, 1.807) is 0 Å². The lowest BCUT2D eigenvalue weighted by Gasteiger charge is -2.35. The van der Waals surface area contributed by atoms with Crippen molar-refractivity contribution >= 4 is 5.78 Å². The van der Waals surface area contributed by atoms with Gasteiger partial charge in [0.05, 0.1) is 6.10 Å². The predicted octanol–water partition coefficient (Wildman–Crippen LogP) is 1.84. The highest BCUT2D eigenvalue weighted by atomic mass is 16.3. The van der Waals surface area contributed by atoms with Crippen LogP contribution in [0.1, 0.15) is 45.4 Å². The monoisotopic (exact) mass is 239 g/mol. The van der Waals surface area contributed by atoms with Crippen LogP contribution in [-0.2, 0) is 4.79 Å². The molecule has 17 heavy (non-hydrogen) atoms. The molecule has 0 aromatic heterocycles. The maximum absolute atomic E-state index is 11.9. The van der Waals surface area contributed by atoms with Crippen molar-refractivity contribution in [3.8, 4) is 0 Å².